The lowest BCUT2D eigenvalue weighted by Crippen LogP contribution is -2.36. The van der Waals surface area contributed by atoms with Crippen molar-refractivity contribution >= 4 is 0 Å². The maximum absolute atomic E-state index is 3.61. The Balaban J connectivity index is 4.06. The summed E-state index contributed by atoms with van der Waals surface area (Å²) in [6.45, 7) is 12.6. The highest BCUT2D eigenvalue weighted by Gasteiger charge is 2.18. The molecule has 1 N–H and O–H groups in total. The van der Waals surface area contributed by atoms with E-state index in [1.807, 2.05) is 0 Å². The van der Waals surface area contributed by atoms with Crippen molar-refractivity contribution in [3.8, 4) is 0 Å². The van der Waals surface area contributed by atoms with E-state index in [9.17, 15) is 0 Å². The molecule has 0 bridgehead atoms. The van der Waals surface area contributed by atoms with Crippen molar-refractivity contribution in [2.45, 2.75) is 66.3 Å². The summed E-state index contributed by atoms with van der Waals surface area (Å²) in [5.41, 5.74) is 0. The second-order valence-corrected chi connectivity index (χ2v) is 4.49. The van der Waals surface area contributed by atoms with Crippen molar-refractivity contribution in [1.29, 1.82) is 0 Å². The summed E-state index contributed by atoms with van der Waals surface area (Å²) >= 11 is 0. The number of hydrogen-bond donors (Lipinski definition) is 1. The van der Waals surface area contributed by atoms with Gasteiger partial charge in [0.15, 0.2) is 0 Å². The molecule has 0 aromatic carbocycles. The number of hydrogen-bond acceptors (Lipinski definition) is 1. The minimum Gasteiger partial charge on any atom is -0.314 e. The molecule has 0 rings (SSSR count). The van der Waals surface area contributed by atoms with Gasteiger partial charge in [0, 0.05) is 6.04 Å². The molecule has 0 saturated carbocycles. The molecule has 0 fully saturated rings. The molecular formula is C13H29N. The van der Waals surface area contributed by atoms with Gasteiger partial charge in [0.05, 0.1) is 0 Å². The minimum atomic E-state index is 0.735. The number of rotatable bonds is 8. The molecule has 0 aliphatic heterocycles. The van der Waals surface area contributed by atoms with E-state index in [-0.39, 0.29) is 0 Å². The first kappa shape index (κ1) is 14.0. The average molecular weight is 199 g/mol. The lowest BCUT2D eigenvalue weighted by Gasteiger charge is -2.28. The fourth-order valence-corrected chi connectivity index (χ4v) is 2.21. The van der Waals surface area contributed by atoms with Gasteiger partial charge in [-0.25, -0.2) is 0 Å². The highest BCUT2D eigenvalue weighted by Crippen LogP contribution is 2.22. The van der Waals surface area contributed by atoms with E-state index in [1.165, 1.54) is 25.7 Å². The van der Waals surface area contributed by atoms with Gasteiger partial charge < -0.3 is 5.32 Å². The third-order valence-corrected chi connectivity index (χ3v) is 3.40. The molecule has 3 atom stereocenters. The normalized spacial score (nSPS) is 17.8. The largest absolute Gasteiger partial charge is 0.314 e. The van der Waals surface area contributed by atoms with Gasteiger partial charge >= 0.3 is 0 Å². The Labute approximate surface area is 90.7 Å². The van der Waals surface area contributed by atoms with Crippen molar-refractivity contribution in [1.82, 2.24) is 5.32 Å². The zero-order chi connectivity index (χ0) is 11.0. The van der Waals surface area contributed by atoms with Gasteiger partial charge in [0.2, 0.25) is 0 Å². The van der Waals surface area contributed by atoms with Crippen LogP contribution in [0.4, 0.5) is 0 Å². The van der Waals surface area contributed by atoms with Gasteiger partial charge in [-0.05, 0) is 31.2 Å². The Kier molecular flexibility index (Phi) is 8.26. The van der Waals surface area contributed by atoms with E-state index in [2.05, 4.69) is 39.9 Å². The zero-order valence-electron chi connectivity index (χ0n) is 10.8. The van der Waals surface area contributed by atoms with Gasteiger partial charge in [0.1, 0.15) is 0 Å². The molecule has 0 amide bonds. The maximum atomic E-state index is 3.61. The first-order chi connectivity index (χ1) is 6.69. The van der Waals surface area contributed by atoms with Gasteiger partial charge in [-0.1, -0.05) is 47.5 Å². The molecule has 1 nitrogen and oxygen atoms in total. The van der Waals surface area contributed by atoms with Crippen molar-refractivity contribution in [3.63, 3.8) is 0 Å². The third kappa shape index (κ3) is 4.99. The van der Waals surface area contributed by atoms with Crippen molar-refractivity contribution in [2.75, 3.05) is 6.54 Å². The molecule has 0 spiro atoms. The Hall–Kier alpha value is -0.0400. The Morgan fingerprint density at radius 2 is 1.57 bits per heavy atom. The van der Waals surface area contributed by atoms with Crippen LogP contribution in [0.25, 0.3) is 0 Å². The van der Waals surface area contributed by atoms with Gasteiger partial charge in [-0.15, -0.1) is 0 Å². The van der Waals surface area contributed by atoms with Crippen LogP contribution in [-0.2, 0) is 0 Å². The fourth-order valence-electron chi connectivity index (χ4n) is 2.21. The van der Waals surface area contributed by atoms with Crippen LogP contribution in [0.2, 0.25) is 0 Å². The summed E-state index contributed by atoms with van der Waals surface area (Å²) in [6, 6.07) is 0.735. The van der Waals surface area contributed by atoms with Crippen molar-refractivity contribution < 1.29 is 0 Å². The topological polar surface area (TPSA) is 12.0 Å². The van der Waals surface area contributed by atoms with E-state index in [4.69, 9.17) is 0 Å². The summed E-state index contributed by atoms with van der Waals surface area (Å²) in [5.74, 6) is 1.75. The highest BCUT2D eigenvalue weighted by molar-refractivity contribution is 4.75. The van der Waals surface area contributed by atoms with Gasteiger partial charge in [-0.3, -0.25) is 0 Å². The zero-order valence-corrected chi connectivity index (χ0v) is 10.8. The summed E-state index contributed by atoms with van der Waals surface area (Å²) in [7, 11) is 0. The second-order valence-electron chi connectivity index (χ2n) is 4.49. The quantitative estimate of drug-likeness (QED) is 0.626. The van der Waals surface area contributed by atoms with Gasteiger partial charge in [-0.2, -0.15) is 0 Å². The number of nitrogens with one attached hydrogen (secondary N) is 1. The van der Waals surface area contributed by atoms with E-state index in [0.29, 0.717) is 0 Å². The second kappa shape index (κ2) is 8.28. The summed E-state index contributed by atoms with van der Waals surface area (Å²) < 4.78 is 0. The van der Waals surface area contributed by atoms with Crippen molar-refractivity contribution in [3.05, 3.63) is 0 Å². The predicted octanol–water partition coefficient (Wildman–Crippen LogP) is 3.84. The van der Waals surface area contributed by atoms with Crippen LogP contribution in [0, 0.1) is 11.8 Å². The fraction of sp³-hybridized carbons (Fsp3) is 1.00. The lowest BCUT2D eigenvalue weighted by molar-refractivity contribution is 0.279. The highest BCUT2D eigenvalue weighted by atomic mass is 14.9. The summed E-state index contributed by atoms with van der Waals surface area (Å²) in [4.78, 5) is 0. The molecule has 14 heavy (non-hydrogen) atoms. The van der Waals surface area contributed by atoms with E-state index in [0.717, 1.165) is 24.4 Å². The minimum absolute atomic E-state index is 0.735. The molecule has 0 aliphatic rings. The van der Waals surface area contributed by atoms with Crippen LogP contribution in [0.15, 0.2) is 0 Å². The standard InChI is InChI=1S/C13H29N/c1-6-11(5)10-12(7-2)13(8-3)14-9-4/h11-14H,6-10H2,1-5H3. The Morgan fingerprint density at radius 1 is 0.929 bits per heavy atom. The molecule has 0 heterocycles. The molecule has 0 aromatic rings. The van der Waals surface area contributed by atoms with E-state index in [1.54, 1.807) is 0 Å². The monoisotopic (exact) mass is 199 g/mol. The molecule has 1 heteroatoms. The first-order valence-corrected chi connectivity index (χ1v) is 6.42. The maximum Gasteiger partial charge on any atom is 0.00925 e. The average Bonchev–Trinajstić information content (AvgIpc) is 2.22. The Bertz CT molecular complexity index is 122. The molecule has 0 aromatic heterocycles. The van der Waals surface area contributed by atoms with Crippen molar-refractivity contribution in [2.24, 2.45) is 11.8 Å². The Morgan fingerprint density at radius 3 is 1.93 bits per heavy atom. The summed E-state index contributed by atoms with van der Waals surface area (Å²) in [5, 5.41) is 3.61. The molecule has 0 saturated heterocycles. The first-order valence-electron chi connectivity index (χ1n) is 6.42. The van der Waals surface area contributed by atoms with E-state index < -0.39 is 0 Å². The summed E-state index contributed by atoms with van der Waals surface area (Å²) in [6.07, 6.45) is 5.29. The van der Waals surface area contributed by atoms with Crippen LogP contribution >= 0.6 is 0 Å². The van der Waals surface area contributed by atoms with Crippen LogP contribution < -0.4 is 5.32 Å². The SMILES string of the molecule is CCNC(CC)C(CC)CC(C)CC. The van der Waals surface area contributed by atoms with E-state index >= 15 is 0 Å². The van der Waals surface area contributed by atoms with Crippen LogP contribution in [0.1, 0.15) is 60.3 Å². The molecular weight excluding hydrogens is 170 g/mol. The molecule has 3 unspecified atom stereocenters. The lowest BCUT2D eigenvalue weighted by atomic mass is 9.85. The third-order valence-electron chi connectivity index (χ3n) is 3.40. The van der Waals surface area contributed by atoms with Crippen LogP contribution in [-0.4, -0.2) is 12.6 Å². The molecule has 0 aliphatic carbocycles. The van der Waals surface area contributed by atoms with Gasteiger partial charge in [0.25, 0.3) is 0 Å². The molecule has 0 radical (unpaired) electrons. The van der Waals surface area contributed by atoms with Crippen LogP contribution in [0.5, 0.6) is 0 Å². The van der Waals surface area contributed by atoms with Crippen LogP contribution in [0.3, 0.4) is 0 Å². The smallest absolute Gasteiger partial charge is 0.00925 e. The predicted molar refractivity (Wildman–Crippen MR) is 65.6 cm³/mol. The molecule has 86 valence electrons.